The number of methoxy groups -OCH3 is 1. The van der Waals surface area contributed by atoms with E-state index in [9.17, 15) is 9.59 Å². The largest absolute Gasteiger partial charge is 0.495 e. The zero-order chi connectivity index (χ0) is 22.0. The normalized spacial score (nSPS) is 15.4. The van der Waals surface area contributed by atoms with Gasteiger partial charge in [-0.1, -0.05) is 41.6 Å². The van der Waals surface area contributed by atoms with Gasteiger partial charge in [-0.15, -0.1) is 0 Å². The lowest BCUT2D eigenvalue weighted by Gasteiger charge is -2.29. The summed E-state index contributed by atoms with van der Waals surface area (Å²) in [6.07, 6.45) is 1.42. The molecule has 2 aromatic carbocycles. The van der Waals surface area contributed by atoms with Crippen LogP contribution in [0.15, 0.2) is 80.6 Å². The molecule has 8 heteroatoms. The van der Waals surface area contributed by atoms with Crippen molar-refractivity contribution in [2.75, 3.05) is 12.0 Å². The van der Waals surface area contributed by atoms with Crippen molar-refractivity contribution in [3.8, 4) is 5.75 Å². The van der Waals surface area contributed by atoms with Crippen LogP contribution in [0.25, 0.3) is 6.08 Å². The molecule has 156 valence electrons. The van der Waals surface area contributed by atoms with E-state index >= 15 is 0 Å². The number of benzene rings is 2. The van der Waals surface area contributed by atoms with Crippen LogP contribution in [0.5, 0.6) is 5.75 Å². The lowest BCUT2D eigenvalue weighted by atomic mass is 10.1. The zero-order valence-corrected chi connectivity index (χ0v) is 18.4. The van der Waals surface area contributed by atoms with Crippen LogP contribution in [-0.4, -0.2) is 24.0 Å². The van der Waals surface area contributed by atoms with Crippen molar-refractivity contribution in [1.29, 1.82) is 0 Å². The van der Waals surface area contributed by atoms with E-state index in [1.807, 2.05) is 31.2 Å². The van der Waals surface area contributed by atoms with Gasteiger partial charge in [0.2, 0.25) is 0 Å². The molecule has 4 rings (SSSR count). The summed E-state index contributed by atoms with van der Waals surface area (Å²) in [5, 5.41) is 3.20. The van der Waals surface area contributed by atoms with Crippen molar-refractivity contribution < 1.29 is 18.7 Å². The van der Waals surface area contributed by atoms with E-state index in [0.717, 1.165) is 4.90 Å². The molecule has 0 unspecified atom stereocenters. The van der Waals surface area contributed by atoms with Crippen molar-refractivity contribution in [2.24, 2.45) is 0 Å². The number of furan rings is 1. The lowest BCUT2D eigenvalue weighted by molar-refractivity contribution is -0.122. The predicted molar refractivity (Wildman–Crippen MR) is 123 cm³/mol. The Hall–Kier alpha value is -3.36. The third-order valence-electron chi connectivity index (χ3n) is 4.56. The second kappa shape index (κ2) is 8.79. The highest BCUT2D eigenvalue weighted by molar-refractivity contribution is 7.99. The number of aryl methyl sites for hydroxylation is 1. The van der Waals surface area contributed by atoms with Crippen LogP contribution in [0.1, 0.15) is 11.3 Å². The number of rotatable bonds is 5. The highest BCUT2D eigenvalue weighted by atomic mass is 32.2. The molecule has 0 bridgehead atoms. The van der Waals surface area contributed by atoms with Crippen LogP contribution < -0.4 is 15.0 Å². The quantitative estimate of drug-likeness (QED) is 0.349. The van der Waals surface area contributed by atoms with Crippen molar-refractivity contribution in [2.45, 2.75) is 16.9 Å². The van der Waals surface area contributed by atoms with E-state index in [-0.39, 0.29) is 10.7 Å². The average molecular weight is 451 g/mol. The Kier molecular flexibility index (Phi) is 5.92. The Labute approximate surface area is 188 Å². The molecule has 2 amide bonds. The fourth-order valence-electron chi connectivity index (χ4n) is 3.02. The first-order valence-electron chi connectivity index (χ1n) is 9.35. The predicted octanol–water partition coefficient (Wildman–Crippen LogP) is 4.58. The van der Waals surface area contributed by atoms with Gasteiger partial charge >= 0.3 is 0 Å². The highest BCUT2D eigenvalue weighted by Gasteiger charge is 2.36. The summed E-state index contributed by atoms with van der Waals surface area (Å²) in [5.74, 6) is -0.280. The van der Waals surface area contributed by atoms with Crippen LogP contribution in [0.2, 0.25) is 0 Å². The molecular formula is C23H18N2O4S2. The molecule has 3 aromatic rings. The smallest absolute Gasteiger partial charge is 0.270 e. The summed E-state index contributed by atoms with van der Waals surface area (Å²) in [6.45, 7) is 2.03. The number of nitrogens with zero attached hydrogens (tertiary/aromatic N) is 1. The summed E-state index contributed by atoms with van der Waals surface area (Å²) in [4.78, 5) is 27.9. The van der Waals surface area contributed by atoms with Gasteiger partial charge in [-0.05, 0) is 61.6 Å². The fourth-order valence-corrected chi connectivity index (χ4v) is 4.07. The molecule has 0 spiro atoms. The molecule has 1 aliphatic rings. The molecule has 1 N–H and O–H groups in total. The van der Waals surface area contributed by atoms with Crippen LogP contribution in [-0.2, 0) is 9.59 Å². The van der Waals surface area contributed by atoms with Gasteiger partial charge < -0.3 is 9.15 Å². The van der Waals surface area contributed by atoms with E-state index in [1.54, 1.807) is 36.4 Å². The van der Waals surface area contributed by atoms with Gasteiger partial charge in [-0.25, -0.2) is 4.90 Å². The van der Waals surface area contributed by atoms with E-state index in [4.69, 9.17) is 21.4 Å². The number of thiocarbonyl (C=S) groups is 1. The average Bonchev–Trinajstić information content (AvgIpc) is 3.20. The van der Waals surface area contributed by atoms with Crippen molar-refractivity contribution in [3.63, 3.8) is 0 Å². The molecular weight excluding hydrogens is 432 g/mol. The van der Waals surface area contributed by atoms with Crippen molar-refractivity contribution >= 4 is 52.7 Å². The van der Waals surface area contributed by atoms with Crippen LogP contribution in [0, 0.1) is 6.92 Å². The van der Waals surface area contributed by atoms with E-state index in [1.165, 1.54) is 35.4 Å². The molecule has 0 radical (unpaired) electrons. The Bertz CT molecular complexity index is 1200. The third kappa shape index (κ3) is 4.40. The lowest BCUT2D eigenvalue weighted by Crippen LogP contribution is -2.54. The molecule has 31 heavy (non-hydrogen) atoms. The first kappa shape index (κ1) is 20.9. The second-order valence-electron chi connectivity index (χ2n) is 6.70. The SMILES string of the molecule is COc1ccccc1N1C(=O)/C(=C/c2ccc(Sc3ccc(C)cc3)o2)C(=O)NC1=S. The van der Waals surface area contributed by atoms with Gasteiger partial charge in [0.25, 0.3) is 11.8 Å². The van der Waals surface area contributed by atoms with Crippen LogP contribution in [0.4, 0.5) is 5.69 Å². The van der Waals surface area contributed by atoms with Gasteiger partial charge in [0, 0.05) is 4.90 Å². The maximum absolute atomic E-state index is 13.2. The van der Waals surface area contributed by atoms with E-state index < -0.39 is 11.8 Å². The fraction of sp³-hybridized carbons (Fsp3) is 0.0870. The number of hydrogen-bond acceptors (Lipinski definition) is 6. The minimum Gasteiger partial charge on any atom is -0.495 e. The number of hydrogen-bond donors (Lipinski definition) is 1. The number of anilines is 1. The Morgan fingerprint density at radius 2 is 1.81 bits per heavy atom. The molecule has 6 nitrogen and oxygen atoms in total. The van der Waals surface area contributed by atoms with Gasteiger partial charge in [-0.3, -0.25) is 14.9 Å². The molecule has 1 fully saturated rings. The van der Waals surface area contributed by atoms with E-state index in [2.05, 4.69) is 5.32 Å². The molecule has 0 atom stereocenters. The maximum Gasteiger partial charge on any atom is 0.270 e. The number of nitrogens with one attached hydrogen (secondary N) is 1. The Morgan fingerprint density at radius 1 is 1.06 bits per heavy atom. The summed E-state index contributed by atoms with van der Waals surface area (Å²) >= 11 is 6.69. The van der Waals surface area contributed by atoms with Crippen LogP contribution in [0.3, 0.4) is 0 Å². The molecule has 0 saturated carbocycles. The standard InChI is InChI=1S/C23H18N2O4S2/c1-14-7-10-16(11-8-14)31-20-12-9-15(29-20)13-17-21(26)24-23(30)25(22(17)27)18-5-3-4-6-19(18)28-2/h3-13H,1-2H3,(H,24,26,30)/b17-13+. The summed E-state index contributed by atoms with van der Waals surface area (Å²) in [6, 6.07) is 18.5. The zero-order valence-electron chi connectivity index (χ0n) is 16.7. The first-order chi connectivity index (χ1) is 15.0. The summed E-state index contributed by atoms with van der Waals surface area (Å²) < 4.78 is 11.1. The molecule has 0 aliphatic carbocycles. The Balaban J connectivity index is 1.61. The minimum atomic E-state index is -0.578. The monoisotopic (exact) mass is 450 g/mol. The summed E-state index contributed by atoms with van der Waals surface area (Å²) in [5.41, 5.74) is 1.54. The number of carbonyl (C=O) groups is 2. The van der Waals surface area contributed by atoms with Gasteiger partial charge in [0.15, 0.2) is 10.2 Å². The molecule has 1 aliphatic heterocycles. The second-order valence-corrected chi connectivity index (χ2v) is 8.17. The molecule has 1 saturated heterocycles. The van der Waals surface area contributed by atoms with E-state index in [0.29, 0.717) is 22.3 Å². The number of para-hydroxylation sites is 2. The maximum atomic E-state index is 13.2. The summed E-state index contributed by atoms with van der Waals surface area (Å²) in [7, 11) is 1.50. The van der Waals surface area contributed by atoms with Crippen LogP contribution >= 0.6 is 24.0 Å². The number of ether oxygens (including phenoxy) is 1. The van der Waals surface area contributed by atoms with Crippen molar-refractivity contribution in [3.05, 3.63) is 77.6 Å². The minimum absolute atomic E-state index is 0.00768. The van der Waals surface area contributed by atoms with Gasteiger partial charge in [0.05, 0.1) is 12.8 Å². The highest BCUT2D eigenvalue weighted by Crippen LogP contribution is 2.32. The number of carbonyl (C=O) groups excluding carboxylic acids is 2. The topological polar surface area (TPSA) is 71.8 Å². The number of amides is 2. The molecule has 2 heterocycles. The van der Waals surface area contributed by atoms with Gasteiger partial charge in [-0.2, -0.15) is 0 Å². The van der Waals surface area contributed by atoms with Gasteiger partial charge in [0.1, 0.15) is 17.1 Å². The third-order valence-corrected chi connectivity index (χ3v) is 5.77. The molecule has 1 aromatic heterocycles. The Morgan fingerprint density at radius 3 is 2.55 bits per heavy atom. The first-order valence-corrected chi connectivity index (χ1v) is 10.6. The van der Waals surface area contributed by atoms with Crippen molar-refractivity contribution in [1.82, 2.24) is 5.32 Å².